The van der Waals surface area contributed by atoms with E-state index in [1.807, 2.05) is 67.7 Å². The van der Waals surface area contributed by atoms with E-state index in [-0.39, 0.29) is 49.8 Å². The van der Waals surface area contributed by atoms with Gasteiger partial charge in [0.25, 0.3) is 0 Å². The zero-order valence-electron chi connectivity index (χ0n) is 35.6. The minimum atomic E-state index is -1.49. The molecule has 2 aromatic carbocycles. The summed E-state index contributed by atoms with van der Waals surface area (Å²) in [5.74, 6) is -5.14. The maximum absolute atomic E-state index is 13.7. The van der Waals surface area contributed by atoms with Gasteiger partial charge >= 0.3 is 23.9 Å². The van der Waals surface area contributed by atoms with Gasteiger partial charge in [-0.1, -0.05) is 79.9 Å². The number of unbranched alkanes of at least 4 members (excludes halogenated alkanes) is 6. The highest BCUT2D eigenvalue weighted by atomic mass is 16.4. The fourth-order valence-electron chi connectivity index (χ4n) is 6.45. The molecule has 0 heterocycles. The van der Waals surface area contributed by atoms with E-state index < -0.39 is 60.4 Å². The number of carbonyl (C=O) groups excluding carboxylic acids is 5. The average molecular weight is 868 g/mol. The third-order valence-corrected chi connectivity index (χ3v) is 9.91. The van der Waals surface area contributed by atoms with E-state index in [0.717, 1.165) is 43.4 Å². The zero-order valence-corrected chi connectivity index (χ0v) is 35.6. The number of carboxylic acids is 3. The predicted molar refractivity (Wildman–Crippen MR) is 231 cm³/mol. The normalized spacial score (nSPS) is 12.7. The van der Waals surface area contributed by atoms with Crippen LogP contribution < -0.4 is 37.2 Å². The molecule has 0 aliphatic rings. The number of carbonyl (C=O) groups is 8. The first-order valence-electron chi connectivity index (χ1n) is 21.4. The second kappa shape index (κ2) is 30.9. The molecule has 0 fully saturated rings. The molecule has 6 amide bonds. The van der Waals surface area contributed by atoms with Crippen molar-refractivity contribution >= 4 is 47.6 Å². The van der Waals surface area contributed by atoms with Crippen LogP contribution in [0.1, 0.15) is 101 Å². The van der Waals surface area contributed by atoms with Crippen molar-refractivity contribution in [3.63, 3.8) is 0 Å². The van der Waals surface area contributed by atoms with Gasteiger partial charge in [0.15, 0.2) is 0 Å². The van der Waals surface area contributed by atoms with Crippen molar-refractivity contribution in [3.05, 3.63) is 71.8 Å². The van der Waals surface area contributed by atoms with E-state index in [0.29, 0.717) is 51.6 Å². The Kier molecular flexibility index (Phi) is 26.0. The Morgan fingerprint density at radius 2 is 0.952 bits per heavy atom. The number of nitrogens with one attached hydrogen (secondary N) is 7. The number of hydrogen-bond donors (Lipinski definition) is 10. The van der Waals surface area contributed by atoms with Gasteiger partial charge in [0.2, 0.25) is 23.6 Å². The summed E-state index contributed by atoms with van der Waals surface area (Å²) < 4.78 is 0. The van der Waals surface area contributed by atoms with Gasteiger partial charge in [-0.15, -0.1) is 0 Å². The van der Waals surface area contributed by atoms with E-state index >= 15 is 0 Å². The molecule has 18 nitrogen and oxygen atoms in total. The van der Waals surface area contributed by atoms with Crippen molar-refractivity contribution in [1.82, 2.24) is 37.2 Å². The molecule has 0 radical (unpaired) electrons. The van der Waals surface area contributed by atoms with Gasteiger partial charge in [-0.2, -0.15) is 0 Å². The second-order valence-electron chi connectivity index (χ2n) is 15.1. The summed E-state index contributed by atoms with van der Waals surface area (Å²) in [4.78, 5) is 98.2. The van der Waals surface area contributed by atoms with Gasteiger partial charge in [-0.3, -0.25) is 24.0 Å². The number of hydrogen-bond acceptors (Lipinski definition) is 9. The first kappa shape index (κ1) is 52.1. The Hall–Kier alpha value is -6.04. The molecule has 2 rings (SSSR count). The van der Waals surface area contributed by atoms with Gasteiger partial charge in [0, 0.05) is 45.2 Å². The molecule has 4 unspecified atom stereocenters. The zero-order chi connectivity index (χ0) is 45.5. The summed E-state index contributed by atoms with van der Waals surface area (Å²) >= 11 is 0. The van der Waals surface area contributed by atoms with Gasteiger partial charge < -0.3 is 52.5 Å². The third kappa shape index (κ3) is 23.7. The lowest BCUT2D eigenvalue weighted by Gasteiger charge is -2.24. The SMILES string of the molecule is CNCCCCC(=O)NC(Cc1ccccc1)C(=O)NC(Cc1ccccc1)C(=O)NCCCCCCCC(=O)NCCCCC(NC(=O)NC(CCC(=O)O)C(=O)O)C(=O)O. The van der Waals surface area contributed by atoms with Crippen molar-refractivity contribution < 1.29 is 53.7 Å². The van der Waals surface area contributed by atoms with E-state index in [2.05, 4.69) is 37.2 Å². The monoisotopic (exact) mass is 867 g/mol. The molecule has 0 spiro atoms. The van der Waals surface area contributed by atoms with Gasteiger partial charge in [0.1, 0.15) is 24.2 Å². The molecule has 0 aromatic heterocycles. The van der Waals surface area contributed by atoms with E-state index in [1.54, 1.807) is 0 Å². The summed E-state index contributed by atoms with van der Waals surface area (Å²) in [7, 11) is 1.85. The molecular weight excluding hydrogens is 803 g/mol. The highest BCUT2D eigenvalue weighted by Crippen LogP contribution is 2.10. The molecule has 0 saturated carbocycles. The smallest absolute Gasteiger partial charge is 0.326 e. The van der Waals surface area contributed by atoms with Crippen molar-refractivity contribution in [2.45, 2.75) is 127 Å². The average Bonchev–Trinajstić information content (AvgIpc) is 3.24. The van der Waals surface area contributed by atoms with Crippen LogP contribution in [0.3, 0.4) is 0 Å². The Morgan fingerprint density at radius 1 is 0.468 bits per heavy atom. The predicted octanol–water partition coefficient (Wildman–Crippen LogP) is 2.64. The van der Waals surface area contributed by atoms with Crippen LogP contribution >= 0.6 is 0 Å². The van der Waals surface area contributed by atoms with Gasteiger partial charge in [-0.25, -0.2) is 14.4 Å². The lowest BCUT2D eigenvalue weighted by Crippen LogP contribution is -2.55. The van der Waals surface area contributed by atoms with Crippen molar-refractivity contribution in [2.75, 3.05) is 26.7 Å². The summed E-state index contributed by atoms with van der Waals surface area (Å²) in [6.45, 7) is 1.49. The minimum absolute atomic E-state index is 0.0287. The number of carboxylic acid groups (broad SMARTS) is 3. The Labute approximate surface area is 363 Å². The molecule has 62 heavy (non-hydrogen) atoms. The molecule has 18 heteroatoms. The molecule has 0 aliphatic carbocycles. The van der Waals surface area contributed by atoms with Crippen LogP contribution in [0, 0.1) is 0 Å². The van der Waals surface area contributed by atoms with Crippen LogP contribution in [0.4, 0.5) is 4.79 Å². The second-order valence-corrected chi connectivity index (χ2v) is 15.1. The van der Waals surface area contributed by atoms with Gasteiger partial charge in [0.05, 0.1) is 0 Å². The lowest BCUT2D eigenvalue weighted by molar-refractivity contribution is -0.141. The molecule has 0 bridgehead atoms. The van der Waals surface area contributed by atoms with Crippen molar-refractivity contribution in [3.8, 4) is 0 Å². The molecule has 2 aromatic rings. The maximum atomic E-state index is 13.7. The van der Waals surface area contributed by atoms with Crippen LogP contribution in [0.15, 0.2) is 60.7 Å². The summed E-state index contributed by atoms with van der Waals surface area (Å²) in [6.07, 6.45) is 6.40. The van der Waals surface area contributed by atoms with Crippen LogP contribution in [0.5, 0.6) is 0 Å². The minimum Gasteiger partial charge on any atom is -0.481 e. The number of urea groups is 1. The van der Waals surface area contributed by atoms with Crippen molar-refractivity contribution in [1.29, 1.82) is 0 Å². The molecular formula is C44H65N7O11. The first-order chi connectivity index (χ1) is 29.8. The first-order valence-corrected chi connectivity index (χ1v) is 21.4. The topological polar surface area (TPSA) is 281 Å². The molecule has 0 saturated heterocycles. The van der Waals surface area contributed by atoms with Crippen LogP contribution in [-0.2, 0) is 46.4 Å². The molecule has 342 valence electrons. The fraction of sp³-hybridized carbons (Fsp3) is 0.545. The van der Waals surface area contributed by atoms with Gasteiger partial charge in [-0.05, 0) is 76.1 Å². The number of rotatable bonds is 33. The largest absolute Gasteiger partial charge is 0.481 e. The van der Waals surface area contributed by atoms with Crippen LogP contribution in [0.2, 0.25) is 0 Å². The third-order valence-electron chi connectivity index (χ3n) is 9.91. The van der Waals surface area contributed by atoms with E-state index in [9.17, 15) is 48.6 Å². The molecule has 4 atom stereocenters. The number of benzene rings is 2. The highest BCUT2D eigenvalue weighted by molar-refractivity contribution is 5.92. The lowest BCUT2D eigenvalue weighted by atomic mass is 10.0. The van der Waals surface area contributed by atoms with E-state index in [1.165, 1.54) is 0 Å². The van der Waals surface area contributed by atoms with Crippen LogP contribution in [-0.4, -0.2) is 114 Å². The molecule has 10 N–H and O–H groups in total. The summed E-state index contributed by atoms with van der Waals surface area (Å²) in [5, 5.41) is 46.3. The fourth-order valence-corrected chi connectivity index (χ4v) is 6.45. The summed E-state index contributed by atoms with van der Waals surface area (Å²) in [5.41, 5.74) is 1.75. The Morgan fingerprint density at radius 3 is 1.53 bits per heavy atom. The van der Waals surface area contributed by atoms with E-state index in [4.69, 9.17) is 5.11 Å². The number of aliphatic carboxylic acids is 3. The standard InChI is InChI=1S/C44H65N7O11/c1-45-26-15-13-23-38(53)48-36(30-32-19-9-6-10-20-32)41(57)49-35(29-31-17-7-5-8-18-31)40(56)47-28-14-4-2-3-11-22-37(52)46-27-16-12-21-33(42(58)59)50-44(62)51-34(43(60)61)24-25-39(54)55/h5-10,17-20,33-36,45H,2-4,11-16,21-30H2,1H3,(H,46,52)(H,47,56)(H,48,53)(H,49,57)(H,54,55)(H,58,59)(H,60,61)(H2,50,51,62). The quantitative estimate of drug-likeness (QED) is 0.0464. The Balaban J connectivity index is 1.74. The maximum Gasteiger partial charge on any atom is 0.326 e. The molecule has 0 aliphatic heterocycles. The number of amides is 6. The Bertz CT molecular complexity index is 1700. The summed E-state index contributed by atoms with van der Waals surface area (Å²) in [6, 6.07) is 13.2. The van der Waals surface area contributed by atoms with Crippen molar-refractivity contribution in [2.24, 2.45) is 0 Å². The highest BCUT2D eigenvalue weighted by Gasteiger charge is 2.28. The van der Waals surface area contributed by atoms with Crippen LogP contribution in [0.25, 0.3) is 0 Å².